The van der Waals surface area contributed by atoms with Gasteiger partial charge in [-0.15, -0.1) is 0 Å². The third-order valence-electron chi connectivity index (χ3n) is 3.16. The van der Waals surface area contributed by atoms with Gasteiger partial charge in [0.15, 0.2) is 0 Å². The predicted molar refractivity (Wildman–Crippen MR) is 89.9 cm³/mol. The molecule has 6 heteroatoms. The molecule has 0 saturated carbocycles. The molecule has 2 aromatic rings. The predicted octanol–water partition coefficient (Wildman–Crippen LogP) is 3.55. The maximum absolute atomic E-state index is 9.17. The van der Waals surface area contributed by atoms with Gasteiger partial charge in [0, 0.05) is 11.4 Å². The van der Waals surface area contributed by atoms with Gasteiger partial charge in [-0.1, -0.05) is 30.0 Å². The molecular weight excluding hydrogens is 320 g/mol. The van der Waals surface area contributed by atoms with Crippen LogP contribution in [0, 0.1) is 39.9 Å². The van der Waals surface area contributed by atoms with E-state index >= 15 is 0 Å². The molecule has 0 radical (unpaired) electrons. The Labute approximate surface area is 145 Å². The van der Waals surface area contributed by atoms with E-state index in [0.29, 0.717) is 23.6 Å². The Balaban J connectivity index is 2.12. The first kappa shape index (κ1) is 17.3. The van der Waals surface area contributed by atoms with Crippen molar-refractivity contribution < 1.29 is 4.74 Å². The highest BCUT2D eigenvalue weighted by atomic mass is 32.2. The fraction of sp³-hybridized carbons (Fsp3) is 0.222. The number of ether oxygens (including phenoxy) is 1. The molecular formula is C18H14N4OS. The smallest absolute Gasteiger partial charge is 0.134 e. The zero-order chi connectivity index (χ0) is 17.2. The van der Waals surface area contributed by atoms with E-state index in [1.807, 2.05) is 42.5 Å². The largest absolute Gasteiger partial charge is 0.492 e. The molecule has 2 rings (SSSR count). The number of nitriles is 3. The van der Waals surface area contributed by atoms with Crippen molar-refractivity contribution in [2.45, 2.75) is 16.7 Å². The highest BCUT2D eigenvalue weighted by Crippen LogP contribution is 2.29. The van der Waals surface area contributed by atoms with Crippen molar-refractivity contribution in [1.29, 1.82) is 15.8 Å². The summed E-state index contributed by atoms with van der Waals surface area (Å²) in [5, 5.41) is 27.7. The molecule has 0 saturated heterocycles. The van der Waals surface area contributed by atoms with Gasteiger partial charge in [-0.25, -0.2) is 4.98 Å². The number of nitrogens with zero attached hydrogens (tertiary/aromatic N) is 4. The summed E-state index contributed by atoms with van der Waals surface area (Å²) < 4.78 is 5.75. The second-order valence-electron chi connectivity index (χ2n) is 4.88. The van der Waals surface area contributed by atoms with Gasteiger partial charge >= 0.3 is 0 Å². The standard InChI is InChI=1S/C18H14N4OS/c19-10-14(11-20)9-17(13-23-16-6-2-1-3-7-16)24-18-15(12-21)5-4-8-22-18/h1-8,14,17H,9,13H2. The lowest BCUT2D eigenvalue weighted by Crippen LogP contribution is -2.18. The minimum absolute atomic E-state index is 0.170. The second-order valence-corrected chi connectivity index (χ2v) is 6.17. The maximum atomic E-state index is 9.17. The van der Waals surface area contributed by atoms with Crippen molar-refractivity contribution in [2.24, 2.45) is 5.92 Å². The SMILES string of the molecule is N#Cc1cccnc1SC(COc1ccccc1)CC(C#N)C#N. The van der Waals surface area contributed by atoms with E-state index in [4.69, 9.17) is 15.3 Å². The number of hydrogen-bond acceptors (Lipinski definition) is 6. The van der Waals surface area contributed by atoms with E-state index in [0.717, 1.165) is 5.75 Å². The fourth-order valence-electron chi connectivity index (χ4n) is 1.98. The molecule has 0 N–H and O–H groups in total. The lowest BCUT2D eigenvalue weighted by atomic mass is 10.1. The Kier molecular flexibility index (Phi) is 6.65. The first-order chi connectivity index (χ1) is 11.8. The third-order valence-corrected chi connectivity index (χ3v) is 4.37. The van der Waals surface area contributed by atoms with Crippen LogP contribution in [0.2, 0.25) is 0 Å². The average molecular weight is 334 g/mol. The van der Waals surface area contributed by atoms with Crippen LogP contribution in [0.1, 0.15) is 12.0 Å². The van der Waals surface area contributed by atoms with E-state index in [-0.39, 0.29) is 5.25 Å². The number of pyridine rings is 1. The van der Waals surface area contributed by atoms with Crippen LogP contribution in [-0.2, 0) is 0 Å². The van der Waals surface area contributed by atoms with Crippen molar-refractivity contribution in [3.8, 4) is 24.0 Å². The molecule has 0 spiro atoms. The first-order valence-corrected chi connectivity index (χ1v) is 8.13. The summed E-state index contributed by atoms with van der Waals surface area (Å²) in [4.78, 5) is 4.22. The van der Waals surface area contributed by atoms with Gasteiger partial charge in [-0.2, -0.15) is 15.8 Å². The van der Waals surface area contributed by atoms with E-state index < -0.39 is 5.92 Å². The van der Waals surface area contributed by atoms with Gasteiger partial charge in [0.1, 0.15) is 29.4 Å². The van der Waals surface area contributed by atoms with E-state index in [1.54, 1.807) is 18.3 Å². The van der Waals surface area contributed by atoms with Crippen LogP contribution in [0.4, 0.5) is 0 Å². The molecule has 0 amide bonds. The van der Waals surface area contributed by atoms with Crippen LogP contribution < -0.4 is 4.74 Å². The van der Waals surface area contributed by atoms with Gasteiger partial charge in [-0.3, -0.25) is 0 Å². The van der Waals surface area contributed by atoms with Gasteiger partial charge in [0.05, 0.1) is 17.7 Å². The van der Waals surface area contributed by atoms with Crippen LogP contribution in [0.3, 0.4) is 0 Å². The first-order valence-electron chi connectivity index (χ1n) is 7.25. The molecule has 118 valence electrons. The molecule has 1 atom stereocenters. The minimum atomic E-state index is -0.726. The highest BCUT2D eigenvalue weighted by molar-refractivity contribution is 7.99. The van der Waals surface area contributed by atoms with Crippen molar-refractivity contribution >= 4 is 11.8 Å². The van der Waals surface area contributed by atoms with Crippen LogP contribution in [0.5, 0.6) is 5.75 Å². The molecule has 1 aromatic heterocycles. The van der Waals surface area contributed by atoms with Gasteiger partial charge in [0.2, 0.25) is 0 Å². The molecule has 0 aliphatic carbocycles. The quantitative estimate of drug-likeness (QED) is 0.719. The highest BCUT2D eigenvalue weighted by Gasteiger charge is 2.20. The number of rotatable bonds is 7. The Morgan fingerprint density at radius 3 is 2.46 bits per heavy atom. The second kappa shape index (κ2) is 9.20. The molecule has 0 bridgehead atoms. The lowest BCUT2D eigenvalue weighted by molar-refractivity contribution is 0.309. The number of aromatic nitrogens is 1. The molecule has 24 heavy (non-hydrogen) atoms. The topological polar surface area (TPSA) is 93.5 Å². The summed E-state index contributed by atoms with van der Waals surface area (Å²) in [5.41, 5.74) is 0.470. The zero-order valence-electron chi connectivity index (χ0n) is 12.8. The van der Waals surface area contributed by atoms with Crippen LogP contribution in [0.25, 0.3) is 0 Å². The van der Waals surface area contributed by atoms with Crippen molar-refractivity contribution in [2.75, 3.05) is 6.61 Å². The van der Waals surface area contributed by atoms with Crippen molar-refractivity contribution in [1.82, 2.24) is 4.98 Å². The minimum Gasteiger partial charge on any atom is -0.492 e. The van der Waals surface area contributed by atoms with Gasteiger partial charge in [-0.05, 0) is 30.7 Å². The molecule has 0 aliphatic rings. The molecule has 0 fully saturated rings. The Morgan fingerprint density at radius 2 is 1.79 bits per heavy atom. The van der Waals surface area contributed by atoms with E-state index in [9.17, 15) is 5.26 Å². The number of thioether (sulfide) groups is 1. The number of hydrogen-bond donors (Lipinski definition) is 0. The maximum Gasteiger partial charge on any atom is 0.134 e. The third kappa shape index (κ3) is 5.02. The Morgan fingerprint density at radius 1 is 1.04 bits per heavy atom. The van der Waals surface area contributed by atoms with Crippen LogP contribution >= 0.6 is 11.8 Å². The molecule has 5 nitrogen and oxygen atoms in total. The summed E-state index contributed by atoms with van der Waals surface area (Å²) >= 11 is 1.36. The summed E-state index contributed by atoms with van der Waals surface area (Å²) in [6.07, 6.45) is 1.95. The van der Waals surface area contributed by atoms with Crippen molar-refractivity contribution in [3.63, 3.8) is 0 Å². The monoisotopic (exact) mass is 334 g/mol. The van der Waals surface area contributed by atoms with Crippen LogP contribution in [-0.4, -0.2) is 16.8 Å². The normalized spacial score (nSPS) is 11.1. The van der Waals surface area contributed by atoms with Gasteiger partial charge < -0.3 is 4.74 Å². The summed E-state index contributed by atoms with van der Waals surface area (Å²) in [6.45, 7) is 0.315. The fourth-order valence-corrected chi connectivity index (χ4v) is 3.08. The zero-order valence-corrected chi connectivity index (χ0v) is 13.6. The Hall–Kier alpha value is -3.01. The van der Waals surface area contributed by atoms with Gasteiger partial charge in [0.25, 0.3) is 0 Å². The number of benzene rings is 1. The average Bonchev–Trinajstić information content (AvgIpc) is 2.65. The summed E-state index contributed by atoms with van der Waals surface area (Å²) in [7, 11) is 0. The lowest BCUT2D eigenvalue weighted by Gasteiger charge is -2.17. The molecule has 1 aromatic carbocycles. The van der Waals surface area contributed by atoms with E-state index in [1.165, 1.54) is 11.8 Å². The molecule has 1 unspecified atom stereocenters. The number of para-hydroxylation sites is 1. The van der Waals surface area contributed by atoms with E-state index in [2.05, 4.69) is 11.1 Å². The summed E-state index contributed by atoms with van der Waals surface area (Å²) in [6, 6.07) is 18.8. The van der Waals surface area contributed by atoms with Crippen molar-refractivity contribution in [3.05, 3.63) is 54.2 Å². The molecule has 1 heterocycles. The summed E-state index contributed by atoms with van der Waals surface area (Å²) in [5.74, 6) is -0.00814. The van der Waals surface area contributed by atoms with Crippen LogP contribution in [0.15, 0.2) is 53.7 Å². The Bertz CT molecular complexity index is 775. The molecule has 0 aliphatic heterocycles.